The minimum absolute atomic E-state index is 0.289. The van der Waals surface area contributed by atoms with Crippen LogP contribution in [0.3, 0.4) is 0 Å². The van der Waals surface area contributed by atoms with E-state index < -0.39 is 10.0 Å². The number of nitrogens with zero attached hydrogens (tertiary/aromatic N) is 1. The third-order valence-corrected chi connectivity index (χ3v) is 6.49. The number of hydrogen-bond acceptors (Lipinski definition) is 4. The highest BCUT2D eigenvalue weighted by molar-refractivity contribution is 8.00. The predicted molar refractivity (Wildman–Crippen MR) is 77.5 cm³/mol. The van der Waals surface area contributed by atoms with Crippen LogP contribution in [0.15, 0.2) is 0 Å². The lowest BCUT2D eigenvalue weighted by atomic mass is 10.4. The van der Waals surface area contributed by atoms with Gasteiger partial charge in [-0.2, -0.15) is 16.1 Å². The average Bonchev–Trinajstić information content (AvgIpc) is 3.07. The second-order valence-electron chi connectivity index (χ2n) is 5.47. The van der Waals surface area contributed by atoms with Crippen molar-refractivity contribution in [2.75, 3.05) is 25.4 Å². The van der Waals surface area contributed by atoms with Crippen LogP contribution in [0.25, 0.3) is 0 Å². The molecule has 1 aliphatic heterocycles. The highest BCUT2D eigenvalue weighted by atomic mass is 32.2. The largest absolute Gasteiger partial charge is 0.314 e. The topological polar surface area (TPSA) is 49.4 Å². The molecule has 0 aromatic heterocycles. The molecule has 6 heteroatoms. The summed E-state index contributed by atoms with van der Waals surface area (Å²) in [5, 5.41) is 4.18. The Labute approximate surface area is 115 Å². The quantitative estimate of drug-likeness (QED) is 0.749. The van der Waals surface area contributed by atoms with E-state index >= 15 is 0 Å². The molecule has 2 unspecified atom stereocenters. The molecule has 1 saturated carbocycles. The standard InChI is InChI=1S/C12H24N2O2S2/c1-10-8-14(9-11(2)17-10)18(15,16)7-3-6-13-12-4-5-12/h10-13H,3-9H2,1-2H3. The number of rotatable bonds is 6. The summed E-state index contributed by atoms with van der Waals surface area (Å²) in [6.07, 6.45) is 3.24. The monoisotopic (exact) mass is 292 g/mol. The fraction of sp³-hybridized carbons (Fsp3) is 1.00. The molecule has 2 aliphatic rings. The summed E-state index contributed by atoms with van der Waals surface area (Å²) in [5.41, 5.74) is 0. The number of hydrogen-bond donors (Lipinski definition) is 1. The fourth-order valence-electron chi connectivity index (χ4n) is 2.34. The van der Waals surface area contributed by atoms with E-state index in [1.807, 2.05) is 11.8 Å². The Kier molecular flexibility index (Phi) is 4.97. The van der Waals surface area contributed by atoms with Crippen LogP contribution in [0.5, 0.6) is 0 Å². The molecule has 0 spiro atoms. The Bertz CT molecular complexity index is 358. The van der Waals surface area contributed by atoms with Crippen LogP contribution in [-0.2, 0) is 10.0 Å². The second kappa shape index (κ2) is 6.11. The van der Waals surface area contributed by atoms with E-state index in [-0.39, 0.29) is 5.75 Å². The van der Waals surface area contributed by atoms with Crippen LogP contribution in [0.4, 0.5) is 0 Å². The van der Waals surface area contributed by atoms with Crippen molar-refractivity contribution in [3.05, 3.63) is 0 Å². The van der Waals surface area contributed by atoms with Gasteiger partial charge < -0.3 is 5.32 Å². The van der Waals surface area contributed by atoms with Crippen LogP contribution in [0.2, 0.25) is 0 Å². The number of nitrogens with one attached hydrogen (secondary N) is 1. The summed E-state index contributed by atoms with van der Waals surface area (Å²) in [7, 11) is -3.05. The Morgan fingerprint density at radius 1 is 1.22 bits per heavy atom. The maximum atomic E-state index is 12.2. The molecule has 0 bridgehead atoms. The SMILES string of the molecule is CC1CN(S(=O)(=O)CCCNC2CC2)CC(C)S1. The molecular formula is C12H24N2O2S2. The van der Waals surface area contributed by atoms with E-state index in [1.54, 1.807) is 4.31 Å². The van der Waals surface area contributed by atoms with Crippen molar-refractivity contribution in [3.8, 4) is 0 Å². The minimum atomic E-state index is -3.05. The zero-order valence-electron chi connectivity index (χ0n) is 11.3. The Hall–Kier alpha value is 0.220. The van der Waals surface area contributed by atoms with Crippen molar-refractivity contribution >= 4 is 21.8 Å². The maximum absolute atomic E-state index is 12.2. The Balaban J connectivity index is 1.77. The molecule has 106 valence electrons. The van der Waals surface area contributed by atoms with Crippen molar-refractivity contribution < 1.29 is 8.42 Å². The molecule has 4 nitrogen and oxygen atoms in total. The first-order chi connectivity index (χ1) is 8.47. The maximum Gasteiger partial charge on any atom is 0.214 e. The highest BCUT2D eigenvalue weighted by Crippen LogP contribution is 2.26. The molecule has 1 heterocycles. The van der Waals surface area contributed by atoms with E-state index in [0.717, 1.165) is 13.0 Å². The lowest BCUT2D eigenvalue weighted by Crippen LogP contribution is -2.45. The normalized spacial score (nSPS) is 30.6. The van der Waals surface area contributed by atoms with Crippen LogP contribution < -0.4 is 5.32 Å². The van der Waals surface area contributed by atoms with Gasteiger partial charge in [0.15, 0.2) is 0 Å². The molecule has 2 atom stereocenters. The van der Waals surface area contributed by atoms with E-state index in [2.05, 4.69) is 19.2 Å². The van der Waals surface area contributed by atoms with Crippen LogP contribution >= 0.6 is 11.8 Å². The van der Waals surface area contributed by atoms with Gasteiger partial charge in [0.05, 0.1) is 5.75 Å². The van der Waals surface area contributed by atoms with Gasteiger partial charge in [0.25, 0.3) is 0 Å². The van der Waals surface area contributed by atoms with Gasteiger partial charge in [0.2, 0.25) is 10.0 Å². The molecule has 1 saturated heterocycles. The third-order valence-electron chi connectivity index (χ3n) is 3.37. The lowest BCUT2D eigenvalue weighted by molar-refractivity contribution is 0.403. The smallest absolute Gasteiger partial charge is 0.214 e. The molecule has 1 aliphatic carbocycles. The number of thioether (sulfide) groups is 1. The van der Waals surface area contributed by atoms with Crippen molar-refractivity contribution in [2.24, 2.45) is 0 Å². The minimum Gasteiger partial charge on any atom is -0.314 e. The lowest BCUT2D eigenvalue weighted by Gasteiger charge is -2.33. The third kappa shape index (κ3) is 4.40. The van der Waals surface area contributed by atoms with Crippen molar-refractivity contribution in [1.82, 2.24) is 9.62 Å². The van der Waals surface area contributed by atoms with Gasteiger partial charge in [-0.05, 0) is 25.8 Å². The summed E-state index contributed by atoms with van der Waals surface area (Å²) >= 11 is 1.88. The van der Waals surface area contributed by atoms with Gasteiger partial charge >= 0.3 is 0 Å². The van der Waals surface area contributed by atoms with Crippen molar-refractivity contribution in [1.29, 1.82) is 0 Å². The van der Waals surface area contributed by atoms with Gasteiger partial charge in [0, 0.05) is 29.6 Å². The molecule has 0 aromatic carbocycles. The van der Waals surface area contributed by atoms with Crippen LogP contribution in [-0.4, -0.2) is 54.7 Å². The zero-order valence-corrected chi connectivity index (χ0v) is 12.9. The van der Waals surface area contributed by atoms with E-state index in [9.17, 15) is 8.42 Å². The first-order valence-corrected chi connectivity index (χ1v) is 9.39. The van der Waals surface area contributed by atoms with Gasteiger partial charge in [0.1, 0.15) is 0 Å². The van der Waals surface area contributed by atoms with Crippen molar-refractivity contribution in [2.45, 2.75) is 49.7 Å². The predicted octanol–water partition coefficient (Wildman–Crippen LogP) is 1.28. The molecule has 18 heavy (non-hydrogen) atoms. The first kappa shape index (κ1) is 14.6. The van der Waals surface area contributed by atoms with Crippen LogP contribution in [0, 0.1) is 0 Å². The molecular weight excluding hydrogens is 268 g/mol. The first-order valence-electron chi connectivity index (χ1n) is 6.84. The summed E-state index contributed by atoms with van der Waals surface area (Å²) in [6.45, 7) is 6.40. The number of sulfonamides is 1. The summed E-state index contributed by atoms with van der Waals surface area (Å²) in [6, 6.07) is 0.666. The molecule has 1 N–H and O–H groups in total. The van der Waals surface area contributed by atoms with E-state index in [1.165, 1.54) is 12.8 Å². The van der Waals surface area contributed by atoms with Gasteiger partial charge in [-0.15, -0.1) is 0 Å². The highest BCUT2D eigenvalue weighted by Gasteiger charge is 2.30. The molecule has 0 aromatic rings. The summed E-state index contributed by atoms with van der Waals surface area (Å²) < 4.78 is 26.1. The zero-order chi connectivity index (χ0) is 13.2. The summed E-state index contributed by atoms with van der Waals surface area (Å²) in [4.78, 5) is 0. The van der Waals surface area contributed by atoms with Gasteiger partial charge in [-0.3, -0.25) is 0 Å². The fourth-order valence-corrected chi connectivity index (χ4v) is 5.52. The van der Waals surface area contributed by atoms with Crippen molar-refractivity contribution in [3.63, 3.8) is 0 Å². The van der Waals surface area contributed by atoms with Crippen LogP contribution in [0.1, 0.15) is 33.1 Å². The summed E-state index contributed by atoms with van der Waals surface area (Å²) in [5.74, 6) is 0.289. The molecule has 2 rings (SSSR count). The molecule has 0 amide bonds. The Morgan fingerprint density at radius 2 is 1.83 bits per heavy atom. The van der Waals surface area contributed by atoms with E-state index in [4.69, 9.17) is 0 Å². The van der Waals surface area contributed by atoms with Gasteiger partial charge in [-0.1, -0.05) is 13.8 Å². The molecule has 2 fully saturated rings. The second-order valence-corrected chi connectivity index (χ2v) is 9.44. The van der Waals surface area contributed by atoms with E-state index in [0.29, 0.717) is 29.6 Å². The molecule has 0 radical (unpaired) electrons. The van der Waals surface area contributed by atoms with Gasteiger partial charge in [-0.25, -0.2) is 8.42 Å². The Morgan fingerprint density at radius 3 is 2.39 bits per heavy atom. The average molecular weight is 292 g/mol.